The first-order valence-electron chi connectivity index (χ1n) is 5.79. The monoisotopic (exact) mass is 197 g/mol. The molecule has 0 bridgehead atoms. The second kappa shape index (κ2) is 5.89. The van der Waals surface area contributed by atoms with E-state index >= 15 is 0 Å². The van der Waals surface area contributed by atoms with Gasteiger partial charge in [-0.1, -0.05) is 13.8 Å². The van der Waals surface area contributed by atoms with Crippen molar-refractivity contribution in [3.8, 4) is 0 Å². The summed E-state index contributed by atoms with van der Waals surface area (Å²) in [5.74, 6) is 1.60. The number of nitrogens with two attached hydrogens (primary N) is 1. The smallest absolute Gasteiger partial charge is 0.191 e. The molecule has 1 aliphatic heterocycles. The molecule has 1 atom stereocenters. The SMILES string of the molecule is CCCN=C(N)N1CCCC(C)CC1. The van der Waals surface area contributed by atoms with Gasteiger partial charge in [-0.05, 0) is 31.6 Å². The average molecular weight is 197 g/mol. The van der Waals surface area contributed by atoms with E-state index in [1.165, 1.54) is 19.3 Å². The predicted molar refractivity (Wildman–Crippen MR) is 61.4 cm³/mol. The van der Waals surface area contributed by atoms with Crippen molar-refractivity contribution in [3.05, 3.63) is 0 Å². The predicted octanol–water partition coefficient (Wildman–Crippen LogP) is 1.83. The molecule has 82 valence electrons. The van der Waals surface area contributed by atoms with E-state index in [0.717, 1.165) is 37.9 Å². The van der Waals surface area contributed by atoms with Gasteiger partial charge in [-0.15, -0.1) is 0 Å². The fourth-order valence-electron chi connectivity index (χ4n) is 1.82. The van der Waals surface area contributed by atoms with Crippen molar-refractivity contribution >= 4 is 5.96 Å². The minimum Gasteiger partial charge on any atom is -0.370 e. The van der Waals surface area contributed by atoms with Crippen LogP contribution in [0.1, 0.15) is 39.5 Å². The van der Waals surface area contributed by atoms with Crippen molar-refractivity contribution in [3.63, 3.8) is 0 Å². The summed E-state index contributed by atoms with van der Waals surface area (Å²) in [6.45, 7) is 7.48. The summed E-state index contributed by atoms with van der Waals surface area (Å²) >= 11 is 0. The lowest BCUT2D eigenvalue weighted by Gasteiger charge is -2.21. The molecule has 1 rings (SSSR count). The van der Waals surface area contributed by atoms with Crippen LogP contribution in [0.3, 0.4) is 0 Å². The van der Waals surface area contributed by atoms with Crippen molar-refractivity contribution in [2.24, 2.45) is 16.6 Å². The van der Waals surface area contributed by atoms with Gasteiger partial charge in [-0.3, -0.25) is 4.99 Å². The maximum atomic E-state index is 5.93. The Labute approximate surface area is 87.4 Å². The Hall–Kier alpha value is -0.730. The molecule has 2 N–H and O–H groups in total. The van der Waals surface area contributed by atoms with E-state index in [4.69, 9.17) is 5.73 Å². The Balaban J connectivity index is 2.42. The van der Waals surface area contributed by atoms with Crippen LogP contribution in [0.5, 0.6) is 0 Å². The van der Waals surface area contributed by atoms with Crippen LogP contribution in [0, 0.1) is 5.92 Å². The Morgan fingerprint density at radius 3 is 2.93 bits per heavy atom. The summed E-state index contributed by atoms with van der Waals surface area (Å²) in [6.07, 6.45) is 4.91. The van der Waals surface area contributed by atoms with E-state index in [1.54, 1.807) is 0 Å². The van der Waals surface area contributed by atoms with E-state index in [1.807, 2.05) is 0 Å². The Kier molecular flexibility index (Phi) is 4.77. The van der Waals surface area contributed by atoms with Crippen LogP contribution in [0.25, 0.3) is 0 Å². The molecule has 1 fully saturated rings. The van der Waals surface area contributed by atoms with Crippen LogP contribution in [0.2, 0.25) is 0 Å². The van der Waals surface area contributed by atoms with Crippen molar-refractivity contribution in [1.29, 1.82) is 0 Å². The molecule has 0 aromatic heterocycles. The van der Waals surface area contributed by atoms with Gasteiger partial charge in [-0.25, -0.2) is 0 Å². The molecule has 1 aliphatic rings. The largest absolute Gasteiger partial charge is 0.370 e. The van der Waals surface area contributed by atoms with Gasteiger partial charge in [-0.2, -0.15) is 0 Å². The standard InChI is InChI=1S/C11H23N3/c1-3-7-13-11(12)14-8-4-5-10(2)6-9-14/h10H,3-9H2,1-2H3,(H2,12,13). The van der Waals surface area contributed by atoms with E-state index in [-0.39, 0.29) is 0 Å². The quantitative estimate of drug-likeness (QED) is 0.542. The fourth-order valence-corrected chi connectivity index (χ4v) is 1.82. The Morgan fingerprint density at radius 2 is 2.21 bits per heavy atom. The van der Waals surface area contributed by atoms with Gasteiger partial charge in [0.2, 0.25) is 0 Å². The minimum absolute atomic E-state index is 0.751. The number of likely N-dealkylation sites (tertiary alicyclic amines) is 1. The molecule has 0 saturated carbocycles. The van der Waals surface area contributed by atoms with Crippen LogP contribution < -0.4 is 5.73 Å². The van der Waals surface area contributed by atoms with Gasteiger partial charge in [0.25, 0.3) is 0 Å². The van der Waals surface area contributed by atoms with E-state index in [0.29, 0.717) is 0 Å². The highest BCUT2D eigenvalue weighted by Gasteiger charge is 2.14. The molecule has 1 unspecified atom stereocenters. The van der Waals surface area contributed by atoms with Crippen LogP contribution in [0.4, 0.5) is 0 Å². The Bertz CT molecular complexity index is 189. The fraction of sp³-hybridized carbons (Fsp3) is 0.909. The van der Waals surface area contributed by atoms with Crippen molar-refractivity contribution in [2.45, 2.75) is 39.5 Å². The number of rotatable bonds is 2. The summed E-state index contributed by atoms with van der Waals surface area (Å²) in [5.41, 5.74) is 5.93. The topological polar surface area (TPSA) is 41.6 Å². The van der Waals surface area contributed by atoms with E-state index in [2.05, 4.69) is 23.7 Å². The molecule has 0 spiro atoms. The lowest BCUT2D eigenvalue weighted by atomic mass is 10.0. The highest BCUT2D eigenvalue weighted by Crippen LogP contribution is 2.15. The van der Waals surface area contributed by atoms with Crippen molar-refractivity contribution in [1.82, 2.24) is 4.90 Å². The Morgan fingerprint density at radius 1 is 1.43 bits per heavy atom. The second-order valence-electron chi connectivity index (χ2n) is 4.26. The van der Waals surface area contributed by atoms with Crippen LogP contribution in [0.15, 0.2) is 4.99 Å². The zero-order valence-electron chi connectivity index (χ0n) is 9.50. The minimum atomic E-state index is 0.751. The van der Waals surface area contributed by atoms with Gasteiger partial charge in [0.15, 0.2) is 5.96 Å². The maximum absolute atomic E-state index is 5.93. The number of aliphatic imine (C=N–C) groups is 1. The molecule has 0 aromatic rings. The molecular formula is C11H23N3. The highest BCUT2D eigenvalue weighted by molar-refractivity contribution is 5.78. The molecule has 0 radical (unpaired) electrons. The molecule has 3 heteroatoms. The average Bonchev–Trinajstić information content (AvgIpc) is 2.39. The third-order valence-corrected chi connectivity index (χ3v) is 2.84. The lowest BCUT2D eigenvalue weighted by molar-refractivity contribution is 0.419. The van der Waals surface area contributed by atoms with Gasteiger partial charge in [0.1, 0.15) is 0 Å². The number of hydrogen-bond donors (Lipinski definition) is 1. The molecule has 0 aliphatic carbocycles. The normalized spacial score (nSPS) is 24.9. The summed E-state index contributed by atoms with van der Waals surface area (Å²) in [4.78, 5) is 6.59. The first-order chi connectivity index (χ1) is 6.74. The van der Waals surface area contributed by atoms with Crippen LogP contribution >= 0.6 is 0 Å². The van der Waals surface area contributed by atoms with Crippen LogP contribution in [-0.4, -0.2) is 30.5 Å². The van der Waals surface area contributed by atoms with Gasteiger partial charge < -0.3 is 10.6 Å². The van der Waals surface area contributed by atoms with Gasteiger partial charge >= 0.3 is 0 Å². The molecule has 3 nitrogen and oxygen atoms in total. The van der Waals surface area contributed by atoms with E-state index in [9.17, 15) is 0 Å². The van der Waals surface area contributed by atoms with E-state index < -0.39 is 0 Å². The third-order valence-electron chi connectivity index (χ3n) is 2.84. The van der Waals surface area contributed by atoms with Crippen molar-refractivity contribution in [2.75, 3.05) is 19.6 Å². The maximum Gasteiger partial charge on any atom is 0.191 e. The van der Waals surface area contributed by atoms with Gasteiger partial charge in [0, 0.05) is 19.6 Å². The summed E-state index contributed by atoms with van der Waals surface area (Å²) < 4.78 is 0. The number of nitrogens with zero attached hydrogens (tertiary/aromatic N) is 2. The summed E-state index contributed by atoms with van der Waals surface area (Å²) in [6, 6.07) is 0. The molecular weight excluding hydrogens is 174 g/mol. The number of hydrogen-bond acceptors (Lipinski definition) is 1. The zero-order valence-corrected chi connectivity index (χ0v) is 9.50. The molecule has 0 aromatic carbocycles. The summed E-state index contributed by atoms with van der Waals surface area (Å²) in [7, 11) is 0. The highest BCUT2D eigenvalue weighted by atomic mass is 15.2. The molecule has 1 saturated heterocycles. The summed E-state index contributed by atoms with van der Waals surface area (Å²) in [5, 5.41) is 0. The van der Waals surface area contributed by atoms with Crippen LogP contribution in [-0.2, 0) is 0 Å². The van der Waals surface area contributed by atoms with Gasteiger partial charge in [0.05, 0.1) is 0 Å². The van der Waals surface area contributed by atoms with Crippen molar-refractivity contribution < 1.29 is 0 Å². The third kappa shape index (κ3) is 3.56. The second-order valence-corrected chi connectivity index (χ2v) is 4.26. The molecule has 1 heterocycles. The molecule has 14 heavy (non-hydrogen) atoms. The zero-order chi connectivity index (χ0) is 10.4. The first-order valence-corrected chi connectivity index (χ1v) is 5.79. The number of guanidine groups is 1. The lowest BCUT2D eigenvalue weighted by Crippen LogP contribution is -2.38. The molecule has 0 amide bonds. The first kappa shape index (κ1) is 11.3.